The quantitative estimate of drug-likeness (QED) is 0.715. The third-order valence-electron chi connectivity index (χ3n) is 1.95. The Labute approximate surface area is 75.8 Å². The van der Waals surface area contributed by atoms with Crippen LogP contribution in [-0.4, -0.2) is 16.0 Å². The summed E-state index contributed by atoms with van der Waals surface area (Å²) in [5.41, 5.74) is 7.37. The van der Waals surface area contributed by atoms with E-state index in [-0.39, 0.29) is 0 Å². The molecule has 2 heterocycles. The van der Waals surface area contributed by atoms with Gasteiger partial charge in [0.1, 0.15) is 0 Å². The third kappa shape index (κ3) is 1.53. The van der Waals surface area contributed by atoms with Crippen LogP contribution in [0.15, 0.2) is 12.3 Å². The molecule has 0 spiro atoms. The Bertz CT molecular complexity index is 271. The highest BCUT2D eigenvalue weighted by Gasteiger charge is 2.19. The molecule has 0 aromatic carbocycles. The van der Waals surface area contributed by atoms with E-state index in [4.69, 9.17) is 5.73 Å². The minimum atomic E-state index is 0.529. The molecule has 1 atom stereocenters. The van der Waals surface area contributed by atoms with Crippen molar-refractivity contribution >= 4 is 17.4 Å². The van der Waals surface area contributed by atoms with Gasteiger partial charge >= 0.3 is 0 Å². The van der Waals surface area contributed by atoms with Gasteiger partial charge in [-0.3, -0.25) is 0 Å². The SMILES string of the molecule is Nc1cnnc(C2CCCS2)c1. The molecule has 0 amide bonds. The number of nitrogens with zero attached hydrogens (tertiary/aromatic N) is 2. The molecule has 0 bridgehead atoms. The van der Waals surface area contributed by atoms with Crippen LogP contribution in [0.4, 0.5) is 5.69 Å². The van der Waals surface area contributed by atoms with Crippen LogP contribution in [0.1, 0.15) is 23.8 Å². The van der Waals surface area contributed by atoms with Gasteiger partial charge in [0.05, 0.1) is 17.6 Å². The minimum Gasteiger partial charge on any atom is -0.397 e. The van der Waals surface area contributed by atoms with Gasteiger partial charge in [-0.15, -0.1) is 0 Å². The normalized spacial score (nSPS) is 22.8. The molecule has 64 valence electrons. The van der Waals surface area contributed by atoms with Gasteiger partial charge in [0.25, 0.3) is 0 Å². The Morgan fingerprint density at radius 1 is 1.58 bits per heavy atom. The molecule has 0 saturated carbocycles. The van der Waals surface area contributed by atoms with E-state index in [0.717, 1.165) is 5.69 Å². The predicted molar refractivity (Wildman–Crippen MR) is 50.9 cm³/mol. The molecule has 1 aliphatic rings. The van der Waals surface area contributed by atoms with Crippen molar-refractivity contribution in [1.82, 2.24) is 10.2 Å². The van der Waals surface area contributed by atoms with E-state index in [1.165, 1.54) is 18.6 Å². The van der Waals surface area contributed by atoms with Gasteiger partial charge in [0.15, 0.2) is 0 Å². The van der Waals surface area contributed by atoms with Crippen LogP contribution >= 0.6 is 11.8 Å². The Morgan fingerprint density at radius 2 is 2.50 bits per heavy atom. The van der Waals surface area contributed by atoms with Crippen molar-refractivity contribution in [3.8, 4) is 0 Å². The van der Waals surface area contributed by atoms with Crippen LogP contribution in [0.25, 0.3) is 0 Å². The van der Waals surface area contributed by atoms with Gasteiger partial charge in [-0.2, -0.15) is 22.0 Å². The number of hydrogen-bond acceptors (Lipinski definition) is 4. The second kappa shape index (κ2) is 3.31. The van der Waals surface area contributed by atoms with Crippen molar-refractivity contribution in [1.29, 1.82) is 0 Å². The summed E-state index contributed by atoms with van der Waals surface area (Å²) >= 11 is 1.95. The average molecular weight is 181 g/mol. The summed E-state index contributed by atoms with van der Waals surface area (Å²) in [6.45, 7) is 0. The minimum absolute atomic E-state index is 0.529. The van der Waals surface area contributed by atoms with Crippen molar-refractivity contribution in [2.75, 3.05) is 11.5 Å². The Hall–Kier alpha value is -0.770. The zero-order chi connectivity index (χ0) is 8.39. The number of hydrogen-bond donors (Lipinski definition) is 1. The maximum Gasteiger partial charge on any atom is 0.0781 e. The standard InChI is InChI=1S/C8H11N3S/c9-6-4-7(11-10-5-6)8-2-1-3-12-8/h4-5,8H,1-3H2,(H2,9,11). The number of rotatable bonds is 1. The van der Waals surface area contributed by atoms with E-state index in [9.17, 15) is 0 Å². The molecular formula is C8H11N3S. The molecule has 4 heteroatoms. The fourth-order valence-electron chi connectivity index (χ4n) is 1.37. The molecule has 12 heavy (non-hydrogen) atoms. The van der Waals surface area contributed by atoms with Crippen LogP contribution in [0.5, 0.6) is 0 Å². The summed E-state index contributed by atoms with van der Waals surface area (Å²) in [5.74, 6) is 1.24. The third-order valence-corrected chi connectivity index (χ3v) is 3.36. The molecule has 0 radical (unpaired) electrons. The number of aromatic nitrogens is 2. The highest BCUT2D eigenvalue weighted by atomic mass is 32.2. The van der Waals surface area contributed by atoms with E-state index in [1.807, 2.05) is 17.8 Å². The van der Waals surface area contributed by atoms with Gasteiger partial charge in [-0.05, 0) is 24.7 Å². The molecule has 3 nitrogen and oxygen atoms in total. The molecule has 1 aromatic rings. The zero-order valence-corrected chi connectivity index (χ0v) is 7.55. The predicted octanol–water partition coefficient (Wildman–Crippen LogP) is 1.63. The lowest BCUT2D eigenvalue weighted by molar-refractivity contribution is 0.785. The highest BCUT2D eigenvalue weighted by molar-refractivity contribution is 7.99. The fourth-order valence-corrected chi connectivity index (χ4v) is 2.60. The van der Waals surface area contributed by atoms with Crippen LogP contribution in [0.2, 0.25) is 0 Å². The summed E-state index contributed by atoms with van der Waals surface area (Å²) in [4.78, 5) is 0. The molecule has 1 fully saturated rings. The van der Waals surface area contributed by atoms with Crippen molar-refractivity contribution in [3.63, 3.8) is 0 Å². The Kier molecular flexibility index (Phi) is 2.17. The summed E-state index contributed by atoms with van der Waals surface area (Å²) < 4.78 is 0. The molecule has 0 aliphatic carbocycles. The van der Waals surface area contributed by atoms with E-state index < -0.39 is 0 Å². The van der Waals surface area contributed by atoms with Crippen LogP contribution < -0.4 is 5.73 Å². The first-order valence-corrected chi connectivity index (χ1v) is 5.11. The number of nitrogens with two attached hydrogens (primary N) is 1. The largest absolute Gasteiger partial charge is 0.397 e. The van der Waals surface area contributed by atoms with E-state index in [0.29, 0.717) is 10.9 Å². The van der Waals surface area contributed by atoms with Gasteiger partial charge < -0.3 is 5.73 Å². The lowest BCUT2D eigenvalue weighted by Crippen LogP contribution is -1.97. The molecule has 1 aliphatic heterocycles. The topological polar surface area (TPSA) is 51.8 Å². The smallest absolute Gasteiger partial charge is 0.0781 e. The highest BCUT2D eigenvalue weighted by Crippen LogP contribution is 2.38. The molecular weight excluding hydrogens is 170 g/mol. The number of nitrogen functional groups attached to an aromatic ring is 1. The van der Waals surface area contributed by atoms with Crippen LogP contribution in [0, 0.1) is 0 Å². The zero-order valence-electron chi connectivity index (χ0n) is 6.73. The van der Waals surface area contributed by atoms with Crippen LogP contribution in [0.3, 0.4) is 0 Å². The lowest BCUT2D eigenvalue weighted by atomic mass is 10.2. The van der Waals surface area contributed by atoms with Crippen molar-refractivity contribution in [2.24, 2.45) is 0 Å². The van der Waals surface area contributed by atoms with Gasteiger partial charge in [0, 0.05) is 5.25 Å². The van der Waals surface area contributed by atoms with Crippen molar-refractivity contribution in [3.05, 3.63) is 18.0 Å². The lowest BCUT2D eigenvalue weighted by Gasteiger charge is -2.05. The fraction of sp³-hybridized carbons (Fsp3) is 0.500. The maximum atomic E-state index is 5.61. The van der Waals surface area contributed by atoms with Gasteiger partial charge in [-0.25, -0.2) is 0 Å². The molecule has 1 aromatic heterocycles. The Balaban J connectivity index is 2.21. The summed E-state index contributed by atoms with van der Waals surface area (Å²) in [5, 5.41) is 8.44. The van der Waals surface area contributed by atoms with Gasteiger partial charge in [0.2, 0.25) is 0 Å². The van der Waals surface area contributed by atoms with Gasteiger partial charge in [-0.1, -0.05) is 0 Å². The van der Waals surface area contributed by atoms with Crippen molar-refractivity contribution in [2.45, 2.75) is 18.1 Å². The second-order valence-electron chi connectivity index (χ2n) is 2.92. The summed E-state index contributed by atoms with van der Waals surface area (Å²) in [6, 6.07) is 1.93. The van der Waals surface area contributed by atoms with Crippen molar-refractivity contribution < 1.29 is 0 Å². The summed E-state index contributed by atoms with van der Waals surface area (Å²) in [7, 11) is 0. The Morgan fingerprint density at radius 3 is 3.17 bits per heavy atom. The monoisotopic (exact) mass is 181 g/mol. The molecule has 2 N–H and O–H groups in total. The number of anilines is 1. The van der Waals surface area contributed by atoms with E-state index >= 15 is 0 Å². The first-order chi connectivity index (χ1) is 5.86. The molecule has 2 rings (SSSR count). The van der Waals surface area contributed by atoms with Crippen LogP contribution in [-0.2, 0) is 0 Å². The summed E-state index contributed by atoms with van der Waals surface area (Å²) in [6.07, 6.45) is 4.08. The molecule has 1 saturated heterocycles. The molecule has 1 unspecified atom stereocenters. The first-order valence-electron chi connectivity index (χ1n) is 4.06. The average Bonchev–Trinajstić information content (AvgIpc) is 2.56. The van der Waals surface area contributed by atoms with E-state index in [2.05, 4.69) is 10.2 Å². The second-order valence-corrected chi connectivity index (χ2v) is 4.23. The number of thioether (sulfide) groups is 1. The first kappa shape index (κ1) is 7.86. The van der Waals surface area contributed by atoms with E-state index in [1.54, 1.807) is 6.20 Å². The maximum absolute atomic E-state index is 5.61.